The van der Waals surface area contributed by atoms with Crippen LogP contribution >= 0.6 is 15.9 Å². The average molecular weight is 368 g/mol. The van der Waals surface area contributed by atoms with E-state index in [2.05, 4.69) is 22.5 Å². The van der Waals surface area contributed by atoms with Crippen LogP contribution in [0.15, 0.2) is 35.3 Å². The number of nitrogens with zero attached hydrogens (tertiary/aromatic N) is 1. The Morgan fingerprint density at radius 3 is 2.64 bits per heavy atom. The Morgan fingerprint density at radius 1 is 1.41 bits per heavy atom. The van der Waals surface area contributed by atoms with E-state index in [1.165, 1.54) is 0 Å². The van der Waals surface area contributed by atoms with E-state index in [9.17, 15) is 9.59 Å². The molecular formula is C16H18BrNO4. The predicted octanol–water partition coefficient (Wildman–Crippen LogP) is 2.95. The Hall–Kier alpha value is -1.82. The van der Waals surface area contributed by atoms with Gasteiger partial charge in [-0.25, -0.2) is 0 Å². The predicted molar refractivity (Wildman–Crippen MR) is 86.1 cm³/mol. The number of likely N-dealkylation sites (tertiary alicyclic amines) is 1. The van der Waals surface area contributed by atoms with Crippen molar-refractivity contribution >= 4 is 27.8 Å². The number of amides is 1. The lowest BCUT2D eigenvalue weighted by Crippen LogP contribution is -2.40. The number of aliphatic carboxylic acids is 1. The zero-order valence-electron chi connectivity index (χ0n) is 12.1. The van der Waals surface area contributed by atoms with E-state index in [1.807, 2.05) is 0 Å². The number of benzene rings is 1. The minimum atomic E-state index is -0.779. The highest BCUT2D eigenvalue weighted by Crippen LogP contribution is 2.27. The van der Waals surface area contributed by atoms with Crippen molar-refractivity contribution in [1.29, 1.82) is 0 Å². The fourth-order valence-electron chi connectivity index (χ4n) is 2.41. The number of carbonyl (C=O) groups excluding carboxylic acids is 1. The summed E-state index contributed by atoms with van der Waals surface area (Å²) in [5, 5.41) is 8.99. The van der Waals surface area contributed by atoms with Crippen molar-refractivity contribution in [1.82, 2.24) is 4.90 Å². The third kappa shape index (κ3) is 3.88. The number of hydrogen-bond donors (Lipinski definition) is 1. The number of carboxylic acid groups (broad SMARTS) is 1. The number of rotatable bonds is 5. The van der Waals surface area contributed by atoms with Gasteiger partial charge in [0.25, 0.3) is 5.91 Å². The number of carbonyl (C=O) groups is 2. The van der Waals surface area contributed by atoms with E-state index in [4.69, 9.17) is 9.84 Å². The summed E-state index contributed by atoms with van der Waals surface area (Å²) in [7, 11) is 0. The number of halogens is 1. The molecule has 1 N–H and O–H groups in total. The van der Waals surface area contributed by atoms with Gasteiger partial charge in [0.05, 0.1) is 10.4 Å². The fraction of sp³-hybridized carbons (Fsp3) is 0.375. The number of piperidine rings is 1. The van der Waals surface area contributed by atoms with Crippen LogP contribution in [0.2, 0.25) is 0 Å². The monoisotopic (exact) mass is 367 g/mol. The van der Waals surface area contributed by atoms with Gasteiger partial charge in [-0.15, -0.1) is 0 Å². The lowest BCUT2D eigenvalue weighted by atomic mass is 9.96. The molecule has 0 spiro atoms. The zero-order valence-corrected chi connectivity index (χ0v) is 13.7. The molecule has 1 aliphatic heterocycles. The quantitative estimate of drug-likeness (QED) is 0.812. The van der Waals surface area contributed by atoms with Gasteiger partial charge < -0.3 is 14.7 Å². The van der Waals surface area contributed by atoms with Gasteiger partial charge >= 0.3 is 5.97 Å². The van der Waals surface area contributed by atoms with Crippen molar-refractivity contribution in [2.24, 2.45) is 5.92 Å². The van der Waals surface area contributed by atoms with Crippen LogP contribution in [0.3, 0.4) is 0 Å². The van der Waals surface area contributed by atoms with Gasteiger partial charge in [-0.05, 0) is 47.0 Å². The Morgan fingerprint density at radius 2 is 2.09 bits per heavy atom. The zero-order chi connectivity index (χ0) is 16.1. The molecule has 0 bridgehead atoms. The molecule has 0 atom stereocenters. The summed E-state index contributed by atoms with van der Waals surface area (Å²) in [6.07, 6.45) is 2.66. The standard InChI is InChI=1S/C16H18BrNO4/c1-2-9-22-14-4-3-12(10-13(14)17)15(19)18-7-5-11(6-8-18)16(20)21/h2-4,10-11H,1,5-9H2,(H,20,21). The molecule has 22 heavy (non-hydrogen) atoms. The normalized spacial score (nSPS) is 15.4. The van der Waals surface area contributed by atoms with Crippen molar-refractivity contribution in [2.45, 2.75) is 12.8 Å². The van der Waals surface area contributed by atoms with E-state index in [0.717, 1.165) is 0 Å². The van der Waals surface area contributed by atoms with E-state index in [1.54, 1.807) is 29.2 Å². The molecule has 6 heteroatoms. The Kier molecular flexibility index (Phi) is 5.60. The molecule has 0 saturated carbocycles. The third-order valence-electron chi connectivity index (χ3n) is 3.67. The first-order valence-electron chi connectivity index (χ1n) is 7.08. The molecule has 118 valence electrons. The minimum absolute atomic E-state index is 0.0835. The van der Waals surface area contributed by atoms with Crippen molar-refractivity contribution in [3.05, 3.63) is 40.9 Å². The summed E-state index contributed by atoms with van der Waals surface area (Å²) in [5.74, 6) is -0.551. The first-order chi connectivity index (χ1) is 10.5. The highest BCUT2D eigenvalue weighted by atomic mass is 79.9. The van der Waals surface area contributed by atoms with Crippen LogP contribution in [-0.4, -0.2) is 41.6 Å². The van der Waals surface area contributed by atoms with Gasteiger partial charge in [0.15, 0.2) is 0 Å². The summed E-state index contributed by atoms with van der Waals surface area (Å²) in [6.45, 7) is 4.93. The van der Waals surface area contributed by atoms with E-state index < -0.39 is 5.97 Å². The first kappa shape index (κ1) is 16.5. The van der Waals surface area contributed by atoms with Crippen molar-refractivity contribution in [3.8, 4) is 5.75 Å². The molecule has 1 fully saturated rings. The second kappa shape index (κ2) is 7.45. The number of carboxylic acids is 1. The second-order valence-electron chi connectivity index (χ2n) is 5.15. The van der Waals surface area contributed by atoms with Crippen molar-refractivity contribution < 1.29 is 19.4 Å². The molecule has 0 radical (unpaired) electrons. The smallest absolute Gasteiger partial charge is 0.306 e. The summed E-state index contributed by atoms with van der Waals surface area (Å²) < 4.78 is 6.16. The summed E-state index contributed by atoms with van der Waals surface area (Å²) in [5.41, 5.74) is 0.562. The minimum Gasteiger partial charge on any atom is -0.488 e. The van der Waals surface area contributed by atoms with Gasteiger partial charge in [0, 0.05) is 18.7 Å². The van der Waals surface area contributed by atoms with Gasteiger partial charge in [-0.2, -0.15) is 0 Å². The van der Waals surface area contributed by atoms with Gasteiger partial charge in [0.2, 0.25) is 0 Å². The lowest BCUT2D eigenvalue weighted by Gasteiger charge is -2.30. The summed E-state index contributed by atoms with van der Waals surface area (Å²) in [6, 6.07) is 5.18. The third-order valence-corrected chi connectivity index (χ3v) is 4.29. The van der Waals surface area contributed by atoms with Gasteiger partial charge in [-0.1, -0.05) is 12.7 Å². The number of hydrogen-bond acceptors (Lipinski definition) is 3. The first-order valence-corrected chi connectivity index (χ1v) is 7.87. The van der Waals surface area contributed by atoms with Crippen LogP contribution in [0, 0.1) is 5.92 Å². The highest BCUT2D eigenvalue weighted by Gasteiger charge is 2.27. The maximum Gasteiger partial charge on any atom is 0.306 e. The average Bonchev–Trinajstić information content (AvgIpc) is 2.53. The van der Waals surface area contributed by atoms with Crippen LogP contribution in [0.1, 0.15) is 23.2 Å². The van der Waals surface area contributed by atoms with Crippen molar-refractivity contribution in [3.63, 3.8) is 0 Å². The molecule has 5 nitrogen and oxygen atoms in total. The van der Waals surface area contributed by atoms with Crippen LogP contribution in [-0.2, 0) is 4.79 Å². The van der Waals surface area contributed by atoms with Gasteiger partial charge in [0.1, 0.15) is 12.4 Å². The Labute approximate surface area is 137 Å². The molecule has 2 rings (SSSR count). The highest BCUT2D eigenvalue weighted by molar-refractivity contribution is 9.10. The molecule has 1 aromatic rings. The fourth-order valence-corrected chi connectivity index (χ4v) is 2.90. The van der Waals surface area contributed by atoms with E-state index >= 15 is 0 Å². The summed E-state index contributed by atoms with van der Waals surface area (Å²) in [4.78, 5) is 25.1. The number of ether oxygens (including phenoxy) is 1. The Bertz CT molecular complexity index is 580. The van der Waals surface area contributed by atoms with Crippen LogP contribution in [0.5, 0.6) is 5.75 Å². The lowest BCUT2D eigenvalue weighted by molar-refractivity contribution is -0.143. The maximum atomic E-state index is 12.5. The SMILES string of the molecule is C=CCOc1ccc(C(=O)N2CCC(C(=O)O)CC2)cc1Br. The molecular weight excluding hydrogens is 350 g/mol. The van der Waals surface area contributed by atoms with Crippen LogP contribution in [0.4, 0.5) is 0 Å². The topological polar surface area (TPSA) is 66.8 Å². The van der Waals surface area contributed by atoms with E-state index in [-0.39, 0.29) is 11.8 Å². The Balaban J connectivity index is 2.02. The molecule has 0 aromatic heterocycles. The molecule has 1 heterocycles. The molecule has 1 amide bonds. The molecule has 1 aliphatic rings. The molecule has 0 unspecified atom stereocenters. The van der Waals surface area contributed by atoms with Crippen LogP contribution in [0.25, 0.3) is 0 Å². The second-order valence-corrected chi connectivity index (χ2v) is 6.00. The largest absolute Gasteiger partial charge is 0.488 e. The van der Waals surface area contributed by atoms with Crippen LogP contribution < -0.4 is 4.74 Å². The summed E-state index contributed by atoms with van der Waals surface area (Å²) >= 11 is 3.39. The van der Waals surface area contributed by atoms with E-state index in [0.29, 0.717) is 48.3 Å². The molecule has 1 saturated heterocycles. The van der Waals surface area contributed by atoms with Gasteiger partial charge in [-0.3, -0.25) is 9.59 Å². The maximum absolute atomic E-state index is 12.5. The van der Waals surface area contributed by atoms with Crippen molar-refractivity contribution in [2.75, 3.05) is 19.7 Å². The molecule has 0 aliphatic carbocycles. The molecule has 1 aromatic carbocycles.